The Labute approximate surface area is 247 Å². The molecule has 0 radical (unpaired) electrons. The van der Waals surface area contributed by atoms with Gasteiger partial charge in [-0.05, 0) is 70.8 Å². The first-order valence-electron chi connectivity index (χ1n) is 13.2. The summed E-state index contributed by atoms with van der Waals surface area (Å²) in [7, 11) is 0. The summed E-state index contributed by atoms with van der Waals surface area (Å²) in [6.45, 7) is 4.13. The molecule has 1 fully saturated rings. The Morgan fingerprint density at radius 2 is 1.64 bits per heavy atom. The van der Waals surface area contributed by atoms with Crippen molar-refractivity contribution in [3.05, 3.63) is 112 Å². The van der Waals surface area contributed by atoms with Crippen molar-refractivity contribution in [3.8, 4) is 5.75 Å². The van der Waals surface area contributed by atoms with E-state index in [1.165, 1.54) is 21.9 Å². The topological polar surface area (TPSA) is 39.7 Å². The SMILES string of the molecule is Cl.Clc1ccc(COCCCOc2ccc(C3CCNCC3OCc3ccc4ccccc4c3)cc2)c(Cl)c1. The van der Waals surface area contributed by atoms with Crippen LogP contribution in [0.3, 0.4) is 0 Å². The molecular weight excluding hydrogens is 553 g/mol. The second-order valence-corrected chi connectivity index (χ2v) is 10.5. The van der Waals surface area contributed by atoms with Gasteiger partial charge in [-0.3, -0.25) is 0 Å². The van der Waals surface area contributed by atoms with E-state index in [1.54, 1.807) is 6.07 Å². The van der Waals surface area contributed by atoms with Crippen LogP contribution in [0.1, 0.15) is 35.4 Å². The molecule has 4 aromatic rings. The maximum absolute atomic E-state index is 6.44. The molecule has 1 heterocycles. The molecule has 206 valence electrons. The highest BCUT2D eigenvalue weighted by atomic mass is 35.5. The van der Waals surface area contributed by atoms with Crippen LogP contribution in [0, 0.1) is 0 Å². The van der Waals surface area contributed by atoms with E-state index < -0.39 is 0 Å². The van der Waals surface area contributed by atoms with Gasteiger partial charge in [-0.15, -0.1) is 12.4 Å². The van der Waals surface area contributed by atoms with Crippen molar-refractivity contribution >= 4 is 46.4 Å². The van der Waals surface area contributed by atoms with E-state index in [4.69, 9.17) is 37.4 Å². The minimum Gasteiger partial charge on any atom is -0.494 e. The smallest absolute Gasteiger partial charge is 0.119 e. The van der Waals surface area contributed by atoms with E-state index in [9.17, 15) is 0 Å². The summed E-state index contributed by atoms with van der Waals surface area (Å²) in [4.78, 5) is 0. The van der Waals surface area contributed by atoms with Gasteiger partial charge in [-0.1, -0.05) is 77.8 Å². The molecule has 0 spiro atoms. The monoisotopic (exact) mass is 585 g/mol. The Balaban J connectivity index is 0.00000353. The number of nitrogens with one attached hydrogen (secondary N) is 1. The number of ether oxygens (including phenoxy) is 3. The molecular formula is C32H34Cl3NO3. The minimum absolute atomic E-state index is 0. The predicted octanol–water partition coefficient (Wildman–Crippen LogP) is 8.22. The standard InChI is InChI=1S/C32H33Cl2NO3.ClH/c33-28-11-8-27(31(34)19-28)22-36-16-3-17-37-29-12-9-25(10-13-29)30-14-15-35-20-32(30)38-21-23-6-7-24-4-1-2-5-26(24)18-23;/h1-2,4-13,18-19,30,32,35H,3,14-17,20-22H2;1H. The van der Waals surface area contributed by atoms with Gasteiger partial charge in [0, 0.05) is 28.9 Å². The lowest BCUT2D eigenvalue weighted by Crippen LogP contribution is -2.40. The van der Waals surface area contributed by atoms with E-state index in [2.05, 4.69) is 72.0 Å². The third-order valence-corrected chi connectivity index (χ3v) is 7.57. The van der Waals surface area contributed by atoms with Crippen molar-refractivity contribution in [2.75, 3.05) is 26.3 Å². The Hall–Kier alpha value is -2.31. The van der Waals surface area contributed by atoms with Gasteiger partial charge in [0.2, 0.25) is 0 Å². The van der Waals surface area contributed by atoms with Gasteiger partial charge in [0.15, 0.2) is 0 Å². The van der Waals surface area contributed by atoms with Crippen LogP contribution >= 0.6 is 35.6 Å². The molecule has 1 aliphatic heterocycles. The van der Waals surface area contributed by atoms with Crippen LogP contribution in [0.15, 0.2) is 84.9 Å². The van der Waals surface area contributed by atoms with Crippen molar-refractivity contribution < 1.29 is 14.2 Å². The largest absolute Gasteiger partial charge is 0.494 e. The van der Waals surface area contributed by atoms with Gasteiger partial charge in [0.25, 0.3) is 0 Å². The number of benzene rings is 4. The molecule has 0 aromatic heterocycles. The molecule has 0 bridgehead atoms. The molecule has 0 amide bonds. The molecule has 2 atom stereocenters. The molecule has 1 aliphatic rings. The Bertz CT molecular complexity index is 1330. The van der Waals surface area contributed by atoms with Gasteiger partial charge >= 0.3 is 0 Å². The minimum atomic E-state index is 0. The summed E-state index contributed by atoms with van der Waals surface area (Å²) >= 11 is 12.1. The van der Waals surface area contributed by atoms with E-state index in [1.807, 2.05) is 12.1 Å². The maximum Gasteiger partial charge on any atom is 0.119 e. The highest BCUT2D eigenvalue weighted by Gasteiger charge is 2.27. The summed E-state index contributed by atoms with van der Waals surface area (Å²) in [5.74, 6) is 1.23. The van der Waals surface area contributed by atoms with Crippen molar-refractivity contribution in [1.29, 1.82) is 0 Å². The van der Waals surface area contributed by atoms with Crippen molar-refractivity contribution in [2.45, 2.75) is 38.1 Å². The first-order chi connectivity index (χ1) is 18.7. The van der Waals surface area contributed by atoms with Crippen LogP contribution in [-0.2, 0) is 22.7 Å². The summed E-state index contributed by atoms with van der Waals surface area (Å²) in [5.41, 5.74) is 3.44. The van der Waals surface area contributed by atoms with Gasteiger partial charge in [0.1, 0.15) is 5.75 Å². The Morgan fingerprint density at radius 3 is 2.46 bits per heavy atom. The normalized spacial score (nSPS) is 17.1. The molecule has 4 aromatic carbocycles. The zero-order valence-corrected chi connectivity index (χ0v) is 24.1. The molecule has 0 saturated carbocycles. The van der Waals surface area contributed by atoms with E-state index in [0.717, 1.165) is 37.2 Å². The zero-order valence-electron chi connectivity index (χ0n) is 21.8. The molecule has 7 heteroatoms. The Kier molecular flexibility index (Phi) is 11.3. The molecule has 4 nitrogen and oxygen atoms in total. The van der Waals surface area contributed by atoms with Crippen LogP contribution in [0.5, 0.6) is 5.75 Å². The number of halogens is 3. The van der Waals surface area contributed by atoms with E-state index in [-0.39, 0.29) is 18.5 Å². The fraction of sp³-hybridized carbons (Fsp3) is 0.312. The quantitative estimate of drug-likeness (QED) is 0.180. The summed E-state index contributed by atoms with van der Waals surface area (Å²) in [6, 6.07) is 28.9. The third-order valence-electron chi connectivity index (χ3n) is 6.99. The number of hydrogen-bond acceptors (Lipinski definition) is 4. The van der Waals surface area contributed by atoms with Crippen molar-refractivity contribution in [2.24, 2.45) is 0 Å². The second-order valence-electron chi connectivity index (χ2n) is 9.69. The van der Waals surface area contributed by atoms with Gasteiger partial charge < -0.3 is 19.5 Å². The molecule has 2 unspecified atom stereocenters. The number of fused-ring (bicyclic) bond motifs is 1. The second kappa shape index (κ2) is 14.9. The number of rotatable bonds is 11. The highest BCUT2D eigenvalue weighted by molar-refractivity contribution is 6.35. The van der Waals surface area contributed by atoms with Crippen LogP contribution in [0.4, 0.5) is 0 Å². The first kappa shape index (κ1) is 29.7. The van der Waals surface area contributed by atoms with E-state index in [0.29, 0.717) is 42.4 Å². The third kappa shape index (κ3) is 8.34. The first-order valence-corrected chi connectivity index (χ1v) is 14.0. The van der Waals surface area contributed by atoms with Crippen LogP contribution in [0.2, 0.25) is 10.0 Å². The zero-order chi connectivity index (χ0) is 26.2. The fourth-order valence-corrected chi connectivity index (χ4v) is 5.36. The van der Waals surface area contributed by atoms with Crippen LogP contribution in [0.25, 0.3) is 10.8 Å². The van der Waals surface area contributed by atoms with Crippen LogP contribution < -0.4 is 10.1 Å². The lowest BCUT2D eigenvalue weighted by atomic mass is 9.87. The average molecular weight is 587 g/mol. The molecule has 39 heavy (non-hydrogen) atoms. The molecule has 5 rings (SSSR count). The molecule has 1 N–H and O–H groups in total. The lowest BCUT2D eigenvalue weighted by Gasteiger charge is -2.32. The summed E-state index contributed by atoms with van der Waals surface area (Å²) in [6.07, 6.45) is 1.98. The Morgan fingerprint density at radius 1 is 0.821 bits per heavy atom. The van der Waals surface area contributed by atoms with Crippen molar-refractivity contribution in [1.82, 2.24) is 5.32 Å². The maximum atomic E-state index is 6.44. The van der Waals surface area contributed by atoms with Gasteiger partial charge in [-0.2, -0.15) is 0 Å². The molecule has 1 saturated heterocycles. The van der Waals surface area contributed by atoms with Crippen molar-refractivity contribution in [3.63, 3.8) is 0 Å². The number of hydrogen-bond donors (Lipinski definition) is 1. The fourth-order valence-electron chi connectivity index (χ4n) is 4.90. The summed E-state index contributed by atoms with van der Waals surface area (Å²) < 4.78 is 18.1. The average Bonchev–Trinajstić information content (AvgIpc) is 2.95. The van der Waals surface area contributed by atoms with E-state index >= 15 is 0 Å². The molecule has 0 aliphatic carbocycles. The number of piperidine rings is 1. The van der Waals surface area contributed by atoms with Crippen LogP contribution in [-0.4, -0.2) is 32.4 Å². The summed E-state index contributed by atoms with van der Waals surface area (Å²) in [5, 5.41) is 7.26. The highest BCUT2D eigenvalue weighted by Crippen LogP contribution is 2.30. The lowest BCUT2D eigenvalue weighted by molar-refractivity contribution is 0.0106. The predicted molar refractivity (Wildman–Crippen MR) is 163 cm³/mol. The van der Waals surface area contributed by atoms with Gasteiger partial charge in [-0.25, -0.2) is 0 Å². The van der Waals surface area contributed by atoms with Gasteiger partial charge in [0.05, 0.1) is 32.5 Å².